The number of amides is 1. The number of hydrogen-bond acceptors (Lipinski definition) is 4. The maximum atomic E-state index is 12.3. The molecule has 1 aliphatic rings. The van der Waals surface area contributed by atoms with Gasteiger partial charge in [-0.15, -0.1) is 0 Å². The number of halogens is 1. The van der Waals surface area contributed by atoms with Gasteiger partial charge in [-0.1, -0.05) is 17.7 Å². The Bertz CT molecular complexity index is 1010. The van der Waals surface area contributed by atoms with Crippen molar-refractivity contribution in [2.75, 3.05) is 18.5 Å². The maximum absolute atomic E-state index is 12.3. The summed E-state index contributed by atoms with van der Waals surface area (Å²) in [6.07, 6.45) is 4.86. The summed E-state index contributed by atoms with van der Waals surface area (Å²) in [4.78, 5) is 16.6. The van der Waals surface area contributed by atoms with Gasteiger partial charge in [-0.05, 0) is 48.0 Å². The van der Waals surface area contributed by atoms with Gasteiger partial charge in [0.1, 0.15) is 13.2 Å². The second-order valence-corrected chi connectivity index (χ2v) is 6.13. The molecule has 3 aromatic rings. The van der Waals surface area contributed by atoms with Gasteiger partial charge in [0.05, 0.1) is 16.2 Å². The Hall–Kier alpha value is -3.05. The largest absolute Gasteiger partial charge is 0.486 e. The summed E-state index contributed by atoms with van der Waals surface area (Å²) in [7, 11) is 0. The van der Waals surface area contributed by atoms with Crippen molar-refractivity contribution >= 4 is 40.2 Å². The molecule has 0 bridgehead atoms. The van der Waals surface area contributed by atoms with Gasteiger partial charge in [0.15, 0.2) is 11.5 Å². The number of ether oxygens (including phenoxy) is 2. The van der Waals surface area contributed by atoms with Crippen LogP contribution in [0.2, 0.25) is 5.02 Å². The van der Waals surface area contributed by atoms with Gasteiger partial charge in [0.2, 0.25) is 5.91 Å². The van der Waals surface area contributed by atoms with E-state index in [4.69, 9.17) is 21.1 Å². The number of fused-ring (bicyclic) bond motifs is 2. The lowest BCUT2D eigenvalue weighted by atomic mass is 10.1. The Balaban J connectivity index is 1.54. The van der Waals surface area contributed by atoms with Crippen LogP contribution in [-0.4, -0.2) is 24.1 Å². The van der Waals surface area contributed by atoms with Gasteiger partial charge in [0.25, 0.3) is 0 Å². The zero-order valence-corrected chi connectivity index (χ0v) is 14.5. The number of hydrogen-bond donors (Lipinski definition) is 1. The molecule has 0 saturated heterocycles. The van der Waals surface area contributed by atoms with E-state index in [-0.39, 0.29) is 5.91 Å². The summed E-state index contributed by atoms with van der Waals surface area (Å²) in [6.45, 7) is 0.955. The lowest BCUT2D eigenvalue weighted by Crippen LogP contribution is -2.15. The summed E-state index contributed by atoms with van der Waals surface area (Å²) in [6, 6.07) is 12.9. The van der Waals surface area contributed by atoms with Crippen molar-refractivity contribution in [3.63, 3.8) is 0 Å². The minimum Gasteiger partial charge on any atom is -0.486 e. The molecule has 0 aliphatic carbocycles. The normalized spacial score (nSPS) is 13.1. The number of rotatable bonds is 3. The van der Waals surface area contributed by atoms with Crippen molar-refractivity contribution in [2.45, 2.75) is 0 Å². The highest BCUT2D eigenvalue weighted by molar-refractivity contribution is 6.32. The van der Waals surface area contributed by atoms with Crippen molar-refractivity contribution in [3.8, 4) is 11.5 Å². The van der Waals surface area contributed by atoms with Crippen LogP contribution >= 0.6 is 11.6 Å². The molecule has 1 aliphatic heterocycles. The van der Waals surface area contributed by atoms with Crippen LogP contribution in [0.5, 0.6) is 11.5 Å². The molecule has 0 spiro atoms. The minimum absolute atomic E-state index is 0.243. The topological polar surface area (TPSA) is 60.5 Å². The first kappa shape index (κ1) is 16.4. The van der Waals surface area contributed by atoms with E-state index in [2.05, 4.69) is 10.3 Å². The van der Waals surface area contributed by atoms with Gasteiger partial charge in [0, 0.05) is 17.7 Å². The van der Waals surface area contributed by atoms with Crippen molar-refractivity contribution < 1.29 is 14.3 Å². The fraction of sp³-hybridized carbons (Fsp3) is 0.100. The van der Waals surface area contributed by atoms with Crippen molar-refractivity contribution in [2.24, 2.45) is 0 Å². The SMILES string of the molecule is O=C(/C=C/c1cc(Cl)c2c(c1)OCCO2)Nc1cccc2ncccc12. The van der Waals surface area contributed by atoms with Crippen molar-refractivity contribution in [3.05, 3.63) is 65.3 Å². The third-order valence-corrected chi connectivity index (χ3v) is 4.23. The fourth-order valence-electron chi connectivity index (χ4n) is 2.79. The molecule has 1 N–H and O–H groups in total. The number of nitrogens with one attached hydrogen (secondary N) is 1. The van der Waals surface area contributed by atoms with Crippen LogP contribution in [0.4, 0.5) is 5.69 Å². The second kappa shape index (κ2) is 7.06. The highest BCUT2D eigenvalue weighted by atomic mass is 35.5. The molecule has 6 heteroatoms. The smallest absolute Gasteiger partial charge is 0.248 e. The molecular weight excluding hydrogens is 352 g/mol. The average Bonchev–Trinajstić information content (AvgIpc) is 2.67. The van der Waals surface area contributed by atoms with E-state index in [0.717, 1.165) is 16.5 Å². The third kappa shape index (κ3) is 3.34. The predicted octanol–water partition coefficient (Wildman–Crippen LogP) is 4.31. The van der Waals surface area contributed by atoms with Crippen LogP contribution < -0.4 is 14.8 Å². The maximum Gasteiger partial charge on any atom is 0.248 e. The molecule has 130 valence electrons. The molecule has 0 atom stereocenters. The van der Waals surface area contributed by atoms with Gasteiger partial charge in [-0.3, -0.25) is 9.78 Å². The number of carbonyl (C=O) groups excluding carboxylic acids is 1. The van der Waals surface area contributed by atoms with Crippen LogP contribution in [0.1, 0.15) is 5.56 Å². The van der Waals surface area contributed by atoms with Crippen LogP contribution in [-0.2, 0) is 4.79 Å². The molecular formula is C20H15ClN2O3. The van der Waals surface area contributed by atoms with Gasteiger partial charge >= 0.3 is 0 Å². The summed E-state index contributed by atoms with van der Waals surface area (Å²) in [5, 5.41) is 4.23. The minimum atomic E-state index is -0.243. The highest BCUT2D eigenvalue weighted by Gasteiger charge is 2.16. The van der Waals surface area contributed by atoms with E-state index in [0.29, 0.717) is 35.4 Å². The lowest BCUT2D eigenvalue weighted by molar-refractivity contribution is -0.111. The third-order valence-electron chi connectivity index (χ3n) is 3.95. The van der Waals surface area contributed by atoms with E-state index in [1.165, 1.54) is 6.08 Å². The molecule has 0 fully saturated rings. The van der Waals surface area contributed by atoms with Crippen molar-refractivity contribution in [1.29, 1.82) is 0 Å². The average molecular weight is 367 g/mol. The Kier molecular flexibility index (Phi) is 4.46. The van der Waals surface area contributed by atoms with Gasteiger partial charge in [-0.25, -0.2) is 0 Å². The van der Waals surface area contributed by atoms with E-state index >= 15 is 0 Å². The summed E-state index contributed by atoms with van der Waals surface area (Å²) in [5.74, 6) is 0.888. The Morgan fingerprint density at radius 3 is 2.96 bits per heavy atom. The molecule has 0 unspecified atom stereocenters. The van der Waals surface area contributed by atoms with E-state index in [9.17, 15) is 4.79 Å². The molecule has 5 nitrogen and oxygen atoms in total. The number of aromatic nitrogens is 1. The second-order valence-electron chi connectivity index (χ2n) is 5.73. The zero-order chi connectivity index (χ0) is 17.9. The van der Waals surface area contributed by atoms with Crippen LogP contribution in [0.3, 0.4) is 0 Å². The number of anilines is 1. The van der Waals surface area contributed by atoms with E-state index in [1.807, 2.05) is 30.3 Å². The first-order valence-corrected chi connectivity index (χ1v) is 8.50. The first-order valence-electron chi connectivity index (χ1n) is 8.13. The molecule has 2 aromatic carbocycles. The quantitative estimate of drug-likeness (QED) is 0.701. The first-order chi connectivity index (χ1) is 12.7. The molecule has 4 rings (SSSR count). The van der Waals surface area contributed by atoms with Crippen LogP contribution in [0, 0.1) is 0 Å². The summed E-state index contributed by atoms with van der Waals surface area (Å²) >= 11 is 6.21. The standard InChI is InChI=1S/C20H15ClN2O3/c21-15-11-13(12-18-20(15)26-10-9-25-18)6-7-19(24)23-17-5-1-4-16-14(17)3-2-8-22-16/h1-8,11-12H,9-10H2,(H,23,24)/b7-6+. The summed E-state index contributed by atoms with van der Waals surface area (Å²) in [5.41, 5.74) is 2.30. The lowest BCUT2D eigenvalue weighted by Gasteiger charge is -2.19. The Morgan fingerprint density at radius 2 is 2.04 bits per heavy atom. The Morgan fingerprint density at radius 1 is 1.15 bits per heavy atom. The number of benzene rings is 2. The molecule has 1 aromatic heterocycles. The number of carbonyl (C=O) groups is 1. The molecule has 26 heavy (non-hydrogen) atoms. The number of pyridine rings is 1. The Labute approximate surface area is 155 Å². The van der Waals surface area contributed by atoms with E-state index < -0.39 is 0 Å². The molecule has 1 amide bonds. The molecule has 2 heterocycles. The fourth-order valence-corrected chi connectivity index (χ4v) is 3.06. The van der Waals surface area contributed by atoms with E-state index in [1.54, 1.807) is 24.4 Å². The monoisotopic (exact) mass is 366 g/mol. The van der Waals surface area contributed by atoms with Crippen LogP contribution in [0.25, 0.3) is 17.0 Å². The summed E-state index contributed by atoms with van der Waals surface area (Å²) < 4.78 is 11.0. The van der Waals surface area contributed by atoms with Gasteiger partial charge in [-0.2, -0.15) is 0 Å². The molecule has 0 saturated carbocycles. The van der Waals surface area contributed by atoms with Crippen LogP contribution in [0.15, 0.2) is 54.7 Å². The highest BCUT2D eigenvalue weighted by Crippen LogP contribution is 2.38. The number of nitrogens with zero attached hydrogens (tertiary/aromatic N) is 1. The zero-order valence-electron chi connectivity index (χ0n) is 13.7. The predicted molar refractivity (Wildman–Crippen MR) is 102 cm³/mol. The van der Waals surface area contributed by atoms with Gasteiger partial charge < -0.3 is 14.8 Å². The van der Waals surface area contributed by atoms with Crippen molar-refractivity contribution in [1.82, 2.24) is 4.98 Å². The molecule has 0 radical (unpaired) electrons.